The summed E-state index contributed by atoms with van der Waals surface area (Å²) >= 11 is 1.08. The lowest BCUT2D eigenvalue weighted by Crippen LogP contribution is -2.09. The second-order valence-electron chi connectivity index (χ2n) is 8.71. The molecule has 0 amide bonds. The SMILES string of the molecule is N#C/C(=C\c1ccc(-c2ncc(-c3ccc(N(c4ccccc4)c4ccccc4)cc3)c3nsnc23)o1)C(=O)O. The first-order valence-corrected chi connectivity index (χ1v) is 12.9. The van der Waals surface area contributed by atoms with Crippen LogP contribution in [0.15, 0.2) is 113 Å². The zero-order valence-electron chi connectivity index (χ0n) is 20.8. The first kappa shape index (κ1) is 24.7. The van der Waals surface area contributed by atoms with E-state index < -0.39 is 11.5 Å². The number of fused-ring (bicyclic) bond motifs is 1. The molecule has 6 aromatic rings. The van der Waals surface area contributed by atoms with Gasteiger partial charge in [-0.25, -0.2) is 9.78 Å². The number of nitriles is 1. The average Bonchev–Trinajstić information content (AvgIpc) is 3.67. The molecule has 3 aromatic carbocycles. The quantitative estimate of drug-likeness (QED) is 0.163. The van der Waals surface area contributed by atoms with Crippen molar-refractivity contribution in [2.45, 2.75) is 0 Å². The number of benzene rings is 3. The molecule has 0 spiro atoms. The molecule has 0 aliphatic rings. The van der Waals surface area contributed by atoms with Crippen LogP contribution in [-0.2, 0) is 4.79 Å². The van der Waals surface area contributed by atoms with Gasteiger partial charge in [-0.15, -0.1) is 0 Å². The van der Waals surface area contributed by atoms with Crippen molar-refractivity contribution in [3.8, 4) is 28.7 Å². The number of hydrogen-bond acceptors (Lipinski definition) is 8. The number of nitrogens with zero attached hydrogens (tertiary/aromatic N) is 5. The largest absolute Gasteiger partial charge is 0.477 e. The number of aliphatic carboxylic acids is 1. The Balaban J connectivity index is 1.36. The normalized spacial score (nSPS) is 11.3. The summed E-state index contributed by atoms with van der Waals surface area (Å²) in [6.07, 6.45) is 2.91. The summed E-state index contributed by atoms with van der Waals surface area (Å²) in [5.74, 6) is -0.696. The van der Waals surface area contributed by atoms with E-state index in [9.17, 15) is 4.79 Å². The molecule has 9 heteroatoms. The second-order valence-corrected chi connectivity index (χ2v) is 9.24. The molecule has 0 bridgehead atoms. The van der Waals surface area contributed by atoms with Gasteiger partial charge in [0.15, 0.2) is 5.76 Å². The maximum Gasteiger partial charge on any atom is 0.346 e. The van der Waals surface area contributed by atoms with E-state index in [2.05, 4.69) is 55.0 Å². The van der Waals surface area contributed by atoms with Gasteiger partial charge in [-0.1, -0.05) is 48.5 Å². The number of carboxylic acids is 1. The van der Waals surface area contributed by atoms with Crippen LogP contribution in [0.2, 0.25) is 0 Å². The Bertz CT molecular complexity index is 1850. The molecule has 3 heterocycles. The highest BCUT2D eigenvalue weighted by Gasteiger charge is 2.18. The fraction of sp³-hybridized carbons (Fsp3) is 0. The molecular formula is C31H19N5O3S. The minimum Gasteiger partial charge on any atom is -0.477 e. The van der Waals surface area contributed by atoms with Crippen LogP contribution in [-0.4, -0.2) is 24.8 Å². The van der Waals surface area contributed by atoms with Crippen molar-refractivity contribution in [3.63, 3.8) is 0 Å². The van der Waals surface area contributed by atoms with Gasteiger partial charge < -0.3 is 14.4 Å². The number of carboxylic acid groups (broad SMARTS) is 1. The van der Waals surface area contributed by atoms with Crippen molar-refractivity contribution in [1.29, 1.82) is 5.26 Å². The van der Waals surface area contributed by atoms with Crippen molar-refractivity contribution in [2.75, 3.05) is 4.90 Å². The lowest BCUT2D eigenvalue weighted by atomic mass is 10.0. The van der Waals surface area contributed by atoms with Gasteiger partial charge in [0, 0.05) is 34.9 Å². The molecule has 0 atom stereocenters. The van der Waals surface area contributed by atoms with Crippen LogP contribution in [0.25, 0.3) is 39.7 Å². The van der Waals surface area contributed by atoms with E-state index in [1.807, 2.05) is 48.5 Å². The Labute approximate surface area is 233 Å². The molecule has 0 radical (unpaired) electrons. The fourth-order valence-corrected chi connectivity index (χ4v) is 4.96. The average molecular weight is 542 g/mol. The van der Waals surface area contributed by atoms with Crippen LogP contribution in [0.1, 0.15) is 5.76 Å². The van der Waals surface area contributed by atoms with E-state index in [0.717, 1.165) is 39.9 Å². The Kier molecular flexibility index (Phi) is 6.58. The Morgan fingerprint density at radius 3 is 2.10 bits per heavy atom. The van der Waals surface area contributed by atoms with Gasteiger partial charge in [0.1, 0.15) is 34.1 Å². The topological polar surface area (TPSA) is 116 Å². The minimum absolute atomic E-state index is 0.230. The van der Waals surface area contributed by atoms with Crippen LogP contribution in [0.5, 0.6) is 0 Å². The molecular weight excluding hydrogens is 522 g/mol. The van der Waals surface area contributed by atoms with Crippen molar-refractivity contribution < 1.29 is 14.3 Å². The standard InChI is InChI=1S/C31H19N5O3S/c32-18-21(31(37)38)17-25-15-16-27(39-25)29-30-28(34-40-35-30)26(19-33-29)20-11-13-24(14-12-20)36(22-7-3-1-4-8-22)23-9-5-2-6-10-23/h1-17,19H,(H,37,38)/b21-17+. The minimum atomic E-state index is -1.32. The molecule has 0 fully saturated rings. The monoisotopic (exact) mass is 541 g/mol. The Morgan fingerprint density at radius 1 is 0.850 bits per heavy atom. The smallest absolute Gasteiger partial charge is 0.346 e. The number of pyridine rings is 1. The van der Waals surface area contributed by atoms with Gasteiger partial charge in [0.25, 0.3) is 0 Å². The van der Waals surface area contributed by atoms with E-state index in [1.54, 1.807) is 24.4 Å². The van der Waals surface area contributed by atoms with Crippen molar-refractivity contribution in [1.82, 2.24) is 13.7 Å². The third kappa shape index (κ3) is 4.71. The maximum atomic E-state index is 11.2. The summed E-state index contributed by atoms with van der Waals surface area (Å²) in [5.41, 5.74) is 6.19. The summed E-state index contributed by atoms with van der Waals surface area (Å²) < 4.78 is 14.8. The van der Waals surface area contributed by atoms with Crippen LogP contribution >= 0.6 is 11.7 Å². The predicted octanol–water partition coefficient (Wildman–Crippen LogP) is 7.47. The van der Waals surface area contributed by atoms with E-state index >= 15 is 0 Å². The molecule has 1 N–H and O–H groups in total. The number of para-hydroxylation sites is 2. The van der Waals surface area contributed by atoms with Crippen LogP contribution < -0.4 is 4.90 Å². The lowest BCUT2D eigenvalue weighted by molar-refractivity contribution is -0.132. The van der Waals surface area contributed by atoms with Gasteiger partial charge in [-0.2, -0.15) is 14.0 Å². The van der Waals surface area contributed by atoms with Crippen molar-refractivity contribution in [2.24, 2.45) is 0 Å². The zero-order valence-corrected chi connectivity index (χ0v) is 21.6. The molecule has 0 aliphatic carbocycles. The summed E-state index contributed by atoms with van der Waals surface area (Å²) in [4.78, 5) is 18.0. The molecule has 0 unspecified atom stereocenters. The molecule has 8 nitrogen and oxygen atoms in total. The highest BCUT2D eigenvalue weighted by molar-refractivity contribution is 7.00. The third-order valence-corrected chi connectivity index (χ3v) is 6.78. The second kappa shape index (κ2) is 10.6. The third-order valence-electron chi connectivity index (χ3n) is 6.25. The highest BCUT2D eigenvalue weighted by atomic mass is 32.1. The fourth-order valence-electron chi connectivity index (χ4n) is 4.40. The van der Waals surface area contributed by atoms with E-state index in [0.29, 0.717) is 22.5 Å². The number of aromatic nitrogens is 3. The number of furan rings is 1. The van der Waals surface area contributed by atoms with Gasteiger partial charge in [0.2, 0.25) is 0 Å². The molecule has 0 saturated carbocycles. The van der Waals surface area contributed by atoms with E-state index in [1.165, 1.54) is 6.08 Å². The van der Waals surface area contributed by atoms with Crippen LogP contribution in [0.4, 0.5) is 17.1 Å². The molecule has 40 heavy (non-hydrogen) atoms. The number of rotatable bonds is 7. The van der Waals surface area contributed by atoms with Gasteiger partial charge >= 0.3 is 5.97 Å². The number of hydrogen-bond donors (Lipinski definition) is 1. The molecule has 6 rings (SSSR count). The predicted molar refractivity (Wildman–Crippen MR) is 154 cm³/mol. The summed E-state index contributed by atoms with van der Waals surface area (Å²) in [5, 5.41) is 18.1. The Hall–Kier alpha value is -5.59. The first-order valence-electron chi connectivity index (χ1n) is 12.2. The van der Waals surface area contributed by atoms with Crippen molar-refractivity contribution >= 4 is 51.9 Å². The summed E-state index contributed by atoms with van der Waals surface area (Å²) in [7, 11) is 0. The molecule has 192 valence electrons. The number of anilines is 3. The molecule has 0 aliphatic heterocycles. The summed E-state index contributed by atoms with van der Waals surface area (Å²) in [6.45, 7) is 0. The van der Waals surface area contributed by atoms with E-state index in [4.69, 9.17) is 14.8 Å². The highest BCUT2D eigenvalue weighted by Crippen LogP contribution is 2.37. The Morgan fingerprint density at radius 2 is 1.48 bits per heavy atom. The van der Waals surface area contributed by atoms with Gasteiger partial charge in [-0.3, -0.25) is 0 Å². The van der Waals surface area contributed by atoms with Gasteiger partial charge in [-0.05, 0) is 54.1 Å². The molecule has 3 aromatic heterocycles. The first-order chi connectivity index (χ1) is 19.6. The maximum absolute atomic E-state index is 11.2. The number of carbonyl (C=O) groups is 1. The molecule has 0 saturated heterocycles. The van der Waals surface area contributed by atoms with Gasteiger partial charge in [0.05, 0.1) is 11.7 Å². The van der Waals surface area contributed by atoms with E-state index in [-0.39, 0.29) is 5.76 Å². The zero-order chi connectivity index (χ0) is 27.5. The van der Waals surface area contributed by atoms with Crippen LogP contribution in [0, 0.1) is 11.3 Å². The summed E-state index contributed by atoms with van der Waals surface area (Å²) in [6, 6.07) is 33.5. The lowest BCUT2D eigenvalue weighted by Gasteiger charge is -2.25. The van der Waals surface area contributed by atoms with Crippen molar-refractivity contribution in [3.05, 3.63) is 115 Å². The van der Waals surface area contributed by atoms with Crippen LogP contribution in [0.3, 0.4) is 0 Å².